The fourth-order valence-electron chi connectivity index (χ4n) is 3.55. The fourth-order valence-corrected chi connectivity index (χ4v) is 3.55. The maximum absolute atomic E-state index is 12.7. The van der Waals surface area contributed by atoms with Crippen LogP contribution in [0.1, 0.15) is 24.8 Å². The summed E-state index contributed by atoms with van der Waals surface area (Å²) in [5.74, 6) is -0.727. The van der Waals surface area contributed by atoms with E-state index in [9.17, 15) is 9.59 Å². The molecule has 2 amide bonds. The molecule has 2 aliphatic rings. The molecule has 3 N–H and O–H groups in total. The molecule has 1 fully saturated rings. The number of hydrazone groups is 1. The van der Waals surface area contributed by atoms with Gasteiger partial charge in [0, 0.05) is 18.4 Å². The van der Waals surface area contributed by atoms with E-state index in [1.807, 2.05) is 48.5 Å². The number of carbonyl (C=O) groups is 2. The zero-order valence-electron chi connectivity index (χ0n) is 15.0. The second-order valence-electron chi connectivity index (χ2n) is 7.18. The molecule has 0 spiro atoms. The number of amides is 2. The standard InChI is InChI=1S/C21H22N4O2/c22-19(26)18-13-17(24-25(18)16-9-5-2-6-10-16)20(27)23-14-21(11-12-21)15-7-3-1-4-8-15/h1-10,18H,11-14H2,(H2,22,26)(H,23,27). The van der Waals surface area contributed by atoms with Crippen LogP contribution in [0, 0.1) is 0 Å². The van der Waals surface area contributed by atoms with Crippen LogP contribution in [0.5, 0.6) is 0 Å². The van der Waals surface area contributed by atoms with E-state index >= 15 is 0 Å². The van der Waals surface area contributed by atoms with Crippen LogP contribution < -0.4 is 16.1 Å². The Hall–Kier alpha value is -3.15. The first kappa shape index (κ1) is 17.3. The van der Waals surface area contributed by atoms with E-state index in [-0.39, 0.29) is 17.7 Å². The van der Waals surface area contributed by atoms with Crippen LogP contribution in [0.3, 0.4) is 0 Å². The lowest BCUT2D eigenvalue weighted by atomic mass is 9.96. The van der Waals surface area contributed by atoms with Crippen molar-refractivity contribution in [2.45, 2.75) is 30.7 Å². The SMILES string of the molecule is NC(=O)C1CC(C(=O)NCC2(c3ccccc3)CC2)=NN1c1ccccc1. The van der Waals surface area contributed by atoms with Gasteiger partial charge in [-0.1, -0.05) is 48.5 Å². The largest absolute Gasteiger partial charge is 0.368 e. The number of para-hydroxylation sites is 1. The minimum atomic E-state index is -0.642. The Morgan fingerprint density at radius 2 is 1.70 bits per heavy atom. The smallest absolute Gasteiger partial charge is 0.267 e. The lowest BCUT2D eigenvalue weighted by Gasteiger charge is -2.20. The average molecular weight is 362 g/mol. The van der Waals surface area contributed by atoms with Gasteiger partial charge in [-0.25, -0.2) is 0 Å². The molecule has 0 radical (unpaired) electrons. The number of nitrogens with zero attached hydrogens (tertiary/aromatic N) is 2. The van der Waals surface area contributed by atoms with Gasteiger partial charge in [-0.3, -0.25) is 14.6 Å². The third kappa shape index (κ3) is 3.43. The van der Waals surface area contributed by atoms with Crippen molar-refractivity contribution in [3.8, 4) is 0 Å². The van der Waals surface area contributed by atoms with Crippen LogP contribution in [-0.2, 0) is 15.0 Å². The first-order valence-electron chi connectivity index (χ1n) is 9.14. The van der Waals surface area contributed by atoms with Crippen molar-refractivity contribution in [3.63, 3.8) is 0 Å². The average Bonchev–Trinajstić information content (AvgIpc) is 3.36. The quantitative estimate of drug-likeness (QED) is 0.823. The number of hydrogen-bond donors (Lipinski definition) is 2. The van der Waals surface area contributed by atoms with Gasteiger partial charge in [0.05, 0.1) is 5.69 Å². The fraction of sp³-hybridized carbons (Fsp3) is 0.286. The first-order chi connectivity index (χ1) is 13.1. The van der Waals surface area contributed by atoms with E-state index in [1.165, 1.54) is 5.56 Å². The molecule has 138 valence electrons. The zero-order chi connectivity index (χ0) is 18.9. The van der Waals surface area contributed by atoms with Crippen LogP contribution in [0.15, 0.2) is 65.8 Å². The van der Waals surface area contributed by atoms with E-state index in [0.717, 1.165) is 18.5 Å². The summed E-state index contributed by atoms with van der Waals surface area (Å²) in [5, 5.41) is 8.94. The van der Waals surface area contributed by atoms with E-state index < -0.39 is 11.9 Å². The van der Waals surface area contributed by atoms with Gasteiger partial charge in [-0.05, 0) is 30.5 Å². The molecule has 2 aromatic rings. The van der Waals surface area contributed by atoms with Crippen LogP contribution in [0.2, 0.25) is 0 Å². The number of rotatable bonds is 6. The van der Waals surface area contributed by atoms with Gasteiger partial charge in [0.1, 0.15) is 11.8 Å². The summed E-state index contributed by atoms with van der Waals surface area (Å²) in [6, 6.07) is 18.9. The number of carbonyl (C=O) groups excluding carboxylic acids is 2. The van der Waals surface area contributed by atoms with Crippen molar-refractivity contribution in [1.82, 2.24) is 5.32 Å². The molecule has 0 saturated heterocycles. The Labute approximate surface area is 158 Å². The van der Waals surface area contributed by atoms with E-state index in [1.54, 1.807) is 5.01 Å². The molecule has 4 rings (SSSR count). The monoisotopic (exact) mass is 362 g/mol. The van der Waals surface area contributed by atoms with Crippen molar-refractivity contribution in [1.29, 1.82) is 0 Å². The van der Waals surface area contributed by atoms with Gasteiger partial charge < -0.3 is 11.1 Å². The second kappa shape index (κ2) is 6.87. The van der Waals surface area contributed by atoms with Crippen LogP contribution >= 0.6 is 0 Å². The molecule has 2 aromatic carbocycles. The van der Waals surface area contributed by atoms with Crippen molar-refractivity contribution in [3.05, 3.63) is 66.2 Å². The number of anilines is 1. The molecule has 0 bridgehead atoms. The normalized spacial score (nSPS) is 20.1. The Morgan fingerprint density at radius 1 is 1.07 bits per heavy atom. The Morgan fingerprint density at radius 3 is 2.30 bits per heavy atom. The molecule has 6 heteroatoms. The van der Waals surface area contributed by atoms with E-state index in [0.29, 0.717) is 12.3 Å². The molecule has 1 aliphatic heterocycles. The Bertz CT molecular complexity index is 876. The summed E-state index contributed by atoms with van der Waals surface area (Å²) in [6.07, 6.45) is 2.34. The number of benzene rings is 2. The lowest BCUT2D eigenvalue weighted by Crippen LogP contribution is -2.40. The highest BCUT2D eigenvalue weighted by Gasteiger charge is 2.44. The molecule has 27 heavy (non-hydrogen) atoms. The lowest BCUT2D eigenvalue weighted by molar-refractivity contribution is -0.119. The van der Waals surface area contributed by atoms with Crippen molar-refractivity contribution in [2.24, 2.45) is 10.8 Å². The van der Waals surface area contributed by atoms with Crippen LogP contribution in [-0.4, -0.2) is 30.1 Å². The van der Waals surface area contributed by atoms with Crippen molar-refractivity contribution < 1.29 is 9.59 Å². The number of nitrogens with one attached hydrogen (secondary N) is 1. The predicted molar refractivity (Wildman–Crippen MR) is 104 cm³/mol. The van der Waals surface area contributed by atoms with Gasteiger partial charge in [-0.15, -0.1) is 0 Å². The molecule has 0 aromatic heterocycles. The molecule has 1 unspecified atom stereocenters. The number of hydrogen-bond acceptors (Lipinski definition) is 4. The molecular formula is C21H22N4O2. The number of nitrogens with two attached hydrogens (primary N) is 1. The predicted octanol–water partition coefficient (Wildman–Crippen LogP) is 1.95. The summed E-state index contributed by atoms with van der Waals surface area (Å²) >= 11 is 0. The first-order valence-corrected chi connectivity index (χ1v) is 9.14. The summed E-state index contributed by atoms with van der Waals surface area (Å²) in [7, 11) is 0. The minimum Gasteiger partial charge on any atom is -0.368 e. The maximum atomic E-state index is 12.7. The van der Waals surface area contributed by atoms with Gasteiger partial charge in [0.25, 0.3) is 5.91 Å². The second-order valence-corrected chi connectivity index (χ2v) is 7.18. The van der Waals surface area contributed by atoms with E-state index in [4.69, 9.17) is 5.73 Å². The highest BCUT2D eigenvalue weighted by atomic mass is 16.2. The summed E-state index contributed by atoms with van der Waals surface area (Å²) in [4.78, 5) is 24.5. The number of primary amides is 1. The minimum absolute atomic E-state index is 0.0261. The van der Waals surface area contributed by atoms with Crippen LogP contribution in [0.4, 0.5) is 5.69 Å². The van der Waals surface area contributed by atoms with Crippen LogP contribution in [0.25, 0.3) is 0 Å². The highest BCUT2D eigenvalue weighted by Crippen LogP contribution is 2.47. The molecule has 1 saturated carbocycles. The molecule has 1 heterocycles. The highest BCUT2D eigenvalue weighted by molar-refractivity contribution is 6.40. The third-order valence-corrected chi connectivity index (χ3v) is 5.35. The third-order valence-electron chi connectivity index (χ3n) is 5.35. The molecule has 1 aliphatic carbocycles. The van der Waals surface area contributed by atoms with E-state index in [2.05, 4.69) is 22.6 Å². The molecular weight excluding hydrogens is 340 g/mol. The zero-order valence-corrected chi connectivity index (χ0v) is 15.0. The molecule has 6 nitrogen and oxygen atoms in total. The topological polar surface area (TPSA) is 87.8 Å². The molecule has 1 atom stereocenters. The summed E-state index contributed by atoms with van der Waals surface area (Å²) in [6.45, 7) is 0.571. The van der Waals surface area contributed by atoms with Gasteiger partial charge in [-0.2, -0.15) is 5.10 Å². The summed E-state index contributed by atoms with van der Waals surface area (Å²) < 4.78 is 0. The van der Waals surface area contributed by atoms with Crippen molar-refractivity contribution in [2.75, 3.05) is 11.6 Å². The van der Waals surface area contributed by atoms with Gasteiger partial charge in [0.2, 0.25) is 5.91 Å². The summed E-state index contributed by atoms with van der Waals surface area (Å²) in [5.41, 5.74) is 7.89. The van der Waals surface area contributed by atoms with Gasteiger partial charge in [0.15, 0.2) is 0 Å². The maximum Gasteiger partial charge on any atom is 0.267 e. The Kier molecular flexibility index (Phi) is 4.39. The van der Waals surface area contributed by atoms with Gasteiger partial charge >= 0.3 is 0 Å². The Balaban J connectivity index is 1.47. The van der Waals surface area contributed by atoms with Crippen molar-refractivity contribution >= 4 is 23.2 Å².